The molecule has 1 aromatic rings. The van der Waals surface area contributed by atoms with E-state index in [0.717, 1.165) is 12.8 Å². The first-order chi connectivity index (χ1) is 9.00. The molecule has 0 aromatic heterocycles. The van der Waals surface area contributed by atoms with Crippen molar-refractivity contribution in [3.8, 4) is 0 Å². The lowest BCUT2D eigenvalue weighted by molar-refractivity contribution is 0.468. The van der Waals surface area contributed by atoms with Crippen LogP contribution in [-0.2, 0) is 16.3 Å². The minimum atomic E-state index is -2.79. The number of hydrogen-bond acceptors (Lipinski definition) is 4. The topological polar surface area (TPSA) is 46.2 Å². The summed E-state index contributed by atoms with van der Waals surface area (Å²) in [4.78, 5) is 1.30. The highest BCUT2D eigenvalue weighted by molar-refractivity contribution is 7.98. The SMILES string of the molecule is CSc1ccccc1C[C@H](C)N[C@@H]1CCS(=O)(=O)C1. The van der Waals surface area contributed by atoms with Crippen molar-refractivity contribution in [2.45, 2.75) is 36.7 Å². The van der Waals surface area contributed by atoms with Crippen LogP contribution < -0.4 is 5.32 Å². The quantitative estimate of drug-likeness (QED) is 0.846. The van der Waals surface area contributed by atoms with Gasteiger partial charge in [0.2, 0.25) is 0 Å². The van der Waals surface area contributed by atoms with Crippen molar-refractivity contribution in [3.63, 3.8) is 0 Å². The van der Waals surface area contributed by atoms with Crippen molar-refractivity contribution in [2.24, 2.45) is 0 Å². The Labute approximate surface area is 120 Å². The van der Waals surface area contributed by atoms with Gasteiger partial charge >= 0.3 is 0 Å². The summed E-state index contributed by atoms with van der Waals surface area (Å²) in [5.41, 5.74) is 1.33. The van der Waals surface area contributed by atoms with Crippen molar-refractivity contribution >= 4 is 21.6 Å². The molecule has 0 spiro atoms. The average molecular weight is 299 g/mol. The van der Waals surface area contributed by atoms with Gasteiger partial charge in [-0.25, -0.2) is 8.42 Å². The Morgan fingerprint density at radius 2 is 2.16 bits per heavy atom. The Morgan fingerprint density at radius 3 is 2.79 bits per heavy atom. The molecule has 1 heterocycles. The largest absolute Gasteiger partial charge is 0.310 e. The molecule has 0 amide bonds. The van der Waals surface area contributed by atoms with Crippen LogP contribution in [0.15, 0.2) is 29.2 Å². The van der Waals surface area contributed by atoms with Crippen LogP contribution in [-0.4, -0.2) is 38.3 Å². The van der Waals surface area contributed by atoms with Crippen LogP contribution in [0.3, 0.4) is 0 Å². The minimum absolute atomic E-state index is 0.126. The lowest BCUT2D eigenvalue weighted by Crippen LogP contribution is -2.38. The van der Waals surface area contributed by atoms with E-state index in [1.54, 1.807) is 11.8 Å². The van der Waals surface area contributed by atoms with Crippen LogP contribution in [0.5, 0.6) is 0 Å². The molecule has 1 saturated heterocycles. The van der Waals surface area contributed by atoms with Gasteiger partial charge in [-0.05, 0) is 37.7 Å². The molecule has 1 fully saturated rings. The minimum Gasteiger partial charge on any atom is -0.310 e. The van der Waals surface area contributed by atoms with Gasteiger partial charge in [-0.2, -0.15) is 0 Å². The lowest BCUT2D eigenvalue weighted by Gasteiger charge is -2.19. The average Bonchev–Trinajstić information content (AvgIpc) is 2.69. The van der Waals surface area contributed by atoms with Crippen LogP contribution in [0, 0.1) is 0 Å². The fourth-order valence-electron chi connectivity index (χ4n) is 2.59. The molecule has 3 nitrogen and oxygen atoms in total. The van der Waals surface area contributed by atoms with Gasteiger partial charge in [-0.15, -0.1) is 11.8 Å². The third kappa shape index (κ3) is 4.23. The Hall–Kier alpha value is -0.520. The highest BCUT2D eigenvalue weighted by atomic mass is 32.2. The molecule has 0 aliphatic carbocycles. The van der Waals surface area contributed by atoms with Crippen LogP contribution >= 0.6 is 11.8 Å². The number of sulfone groups is 1. The number of nitrogens with one attached hydrogen (secondary N) is 1. The van der Waals surface area contributed by atoms with Crippen LogP contribution in [0.4, 0.5) is 0 Å². The molecule has 0 radical (unpaired) electrons. The van der Waals surface area contributed by atoms with Gasteiger partial charge in [-0.3, -0.25) is 0 Å². The van der Waals surface area contributed by atoms with Gasteiger partial charge in [0.25, 0.3) is 0 Å². The van der Waals surface area contributed by atoms with E-state index in [1.165, 1.54) is 10.5 Å². The molecule has 19 heavy (non-hydrogen) atoms. The molecule has 1 aromatic carbocycles. The molecule has 2 rings (SSSR count). The second kappa shape index (κ2) is 6.29. The van der Waals surface area contributed by atoms with Crippen molar-refractivity contribution in [1.29, 1.82) is 0 Å². The molecular formula is C14H21NO2S2. The molecular weight excluding hydrogens is 278 g/mol. The van der Waals surface area contributed by atoms with Gasteiger partial charge in [0, 0.05) is 17.0 Å². The molecule has 0 bridgehead atoms. The van der Waals surface area contributed by atoms with Crippen LogP contribution in [0.25, 0.3) is 0 Å². The summed E-state index contributed by atoms with van der Waals surface area (Å²) in [6.07, 6.45) is 3.77. The Bertz CT molecular complexity index is 528. The van der Waals surface area contributed by atoms with Gasteiger partial charge in [-0.1, -0.05) is 18.2 Å². The molecule has 0 saturated carbocycles. The van der Waals surface area contributed by atoms with Crippen molar-refractivity contribution in [1.82, 2.24) is 5.32 Å². The number of rotatable bonds is 5. The summed E-state index contributed by atoms with van der Waals surface area (Å²) in [5.74, 6) is 0.625. The van der Waals surface area contributed by atoms with E-state index in [2.05, 4.69) is 42.8 Å². The summed E-state index contributed by atoms with van der Waals surface area (Å²) in [5, 5.41) is 3.45. The van der Waals surface area contributed by atoms with Crippen LogP contribution in [0.2, 0.25) is 0 Å². The molecule has 0 unspecified atom stereocenters. The standard InChI is InChI=1S/C14H21NO2S2/c1-11(15-13-7-8-19(16,17)10-13)9-12-5-3-4-6-14(12)18-2/h3-6,11,13,15H,7-10H2,1-2H3/t11-,13+/m0/s1. The maximum absolute atomic E-state index is 11.4. The first-order valence-corrected chi connectivity index (χ1v) is 9.63. The highest BCUT2D eigenvalue weighted by Crippen LogP contribution is 2.21. The van der Waals surface area contributed by atoms with E-state index in [-0.39, 0.29) is 6.04 Å². The van der Waals surface area contributed by atoms with Crippen molar-refractivity contribution in [3.05, 3.63) is 29.8 Å². The van der Waals surface area contributed by atoms with Crippen LogP contribution in [0.1, 0.15) is 18.9 Å². The Balaban J connectivity index is 1.93. The van der Waals surface area contributed by atoms with E-state index in [1.807, 2.05) is 0 Å². The van der Waals surface area contributed by atoms with E-state index in [4.69, 9.17) is 0 Å². The number of hydrogen-bond donors (Lipinski definition) is 1. The first-order valence-electron chi connectivity index (χ1n) is 6.58. The third-order valence-corrected chi connectivity index (χ3v) is 6.08. The zero-order chi connectivity index (χ0) is 13.9. The maximum Gasteiger partial charge on any atom is 0.151 e. The summed E-state index contributed by atoms with van der Waals surface area (Å²) >= 11 is 1.76. The summed E-state index contributed by atoms with van der Waals surface area (Å²) in [6.45, 7) is 2.13. The second-order valence-electron chi connectivity index (χ2n) is 5.18. The summed E-state index contributed by atoms with van der Waals surface area (Å²) in [7, 11) is -2.79. The fraction of sp³-hybridized carbons (Fsp3) is 0.571. The number of thioether (sulfide) groups is 1. The van der Waals surface area contributed by atoms with Gasteiger partial charge in [0.15, 0.2) is 9.84 Å². The van der Waals surface area contributed by atoms with E-state index < -0.39 is 9.84 Å². The predicted molar refractivity (Wildman–Crippen MR) is 81.6 cm³/mol. The summed E-state index contributed by atoms with van der Waals surface area (Å²) in [6, 6.07) is 8.81. The monoisotopic (exact) mass is 299 g/mol. The maximum atomic E-state index is 11.4. The van der Waals surface area contributed by atoms with Gasteiger partial charge in [0.05, 0.1) is 11.5 Å². The highest BCUT2D eigenvalue weighted by Gasteiger charge is 2.28. The number of benzene rings is 1. The van der Waals surface area contributed by atoms with Gasteiger partial charge < -0.3 is 5.32 Å². The molecule has 1 N–H and O–H groups in total. The van der Waals surface area contributed by atoms with E-state index in [9.17, 15) is 8.42 Å². The Kier molecular flexibility index (Phi) is 4.92. The van der Waals surface area contributed by atoms with E-state index >= 15 is 0 Å². The molecule has 1 aliphatic rings. The zero-order valence-corrected chi connectivity index (χ0v) is 13.1. The first kappa shape index (κ1) is 14.9. The smallest absolute Gasteiger partial charge is 0.151 e. The fourth-order valence-corrected chi connectivity index (χ4v) is 4.90. The van der Waals surface area contributed by atoms with Crippen molar-refractivity contribution in [2.75, 3.05) is 17.8 Å². The normalized spacial score (nSPS) is 23.4. The third-order valence-electron chi connectivity index (χ3n) is 3.47. The Morgan fingerprint density at radius 1 is 1.42 bits per heavy atom. The lowest BCUT2D eigenvalue weighted by atomic mass is 10.1. The van der Waals surface area contributed by atoms with Crippen molar-refractivity contribution < 1.29 is 8.42 Å². The molecule has 1 aliphatic heterocycles. The molecule has 106 valence electrons. The second-order valence-corrected chi connectivity index (χ2v) is 8.26. The van der Waals surface area contributed by atoms with Gasteiger partial charge in [0.1, 0.15) is 0 Å². The molecule has 2 atom stereocenters. The molecule has 5 heteroatoms. The van der Waals surface area contributed by atoms with E-state index in [0.29, 0.717) is 17.5 Å². The zero-order valence-electron chi connectivity index (χ0n) is 11.4. The summed E-state index contributed by atoms with van der Waals surface area (Å²) < 4.78 is 22.9. The predicted octanol–water partition coefficient (Wildman–Crippen LogP) is 2.12.